The standard InChI is InChI=1S/C9H14NO2P/c1-12-7-4-5-9(8(10)6-7)13(2,3)11/h4-6H,10H2,1-3H3. The van der Waals surface area contributed by atoms with Crippen molar-refractivity contribution in [3.8, 4) is 5.75 Å². The summed E-state index contributed by atoms with van der Waals surface area (Å²) in [5.74, 6) is 0.690. The Labute approximate surface area is 78.3 Å². The van der Waals surface area contributed by atoms with E-state index in [1.54, 1.807) is 38.6 Å². The van der Waals surface area contributed by atoms with Crippen LogP contribution in [-0.4, -0.2) is 20.4 Å². The van der Waals surface area contributed by atoms with Gasteiger partial charge in [0.2, 0.25) is 0 Å². The minimum atomic E-state index is -2.27. The zero-order chi connectivity index (χ0) is 10.1. The van der Waals surface area contributed by atoms with Crippen LogP contribution in [0.3, 0.4) is 0 Å². The lowest BCUT2D eigenvalue weighted by molar-refractivity contribution is 0.415. The van der Waals surface area contributed by atoms with Crippen molar-refractivity contribution in [2.24, 2.45) is 0 Å². The Kier molecular flexibility index (Phi) is 2.67. The molecular formula is C9H14NO2P. The first-order valence-corrected chi connectivity index (χ1v) is 6.54. The molecule has 0 radical (unpaired) electrons. The highest BCUT2D eigenvalue weighted by atomic mass is 31.2. The molecule has 0 aliphatic heterocycles. The fourth-order valence-corrected chi connectivity index (χ4v) is 2.27. The molecule has 4 heteroatoms. The number of benzene rings is 1. The van der Waals surface area contributed by atoms with Crippen LogP contribution in [0.25, 0.3) is 0 Å². The molecule has 0 bridgehead atoms. The van der Waals surface area contributed by atoms with Crippen molar-refractivity contribution in [3.63, 3.8) is 0 Å². The average Bonchev–Trinajstić information content (AvgIpc) is 2.01. The van der Waals surface area contributed by atoms with Crippen molar-refractivity contribution < 1.29 is 9.30 Å². The number of anilines is 1. The summed E-state index contributed by atoms with van der Waals surface area (Å²) in [4.78, 5) is 0. The quantitative estimate of drug-likeness (QED) is 0.580. The predicted molar refractivity (Wildman–Crippen MR) is 56.5 cm³/mol. The summed E-state index contributed by atoms with van der Waals surface area (Å²) in [6, 6.07) is 5.22. The third-order valence-electron chi connectivity index (χ3n) is 1.81. The Morgan fingerprint density at radius 2 is 2.00 bits per heavy atom. The lowest BCUT2D eigenvalue weighted by Crippen LogP contribution is -2.09. The van der Waals surface area contributed by atoms with Crippen LogP contribution in [0.5, 0.6) is 5.75 Å². The van der Waals surface area contributed by atoms with E-state index in [1.807, 2.05) is 0 Å². The highest BCUT2D eigenvalue weighted by Gasteiger charge is 2.14. The van der Waals surface area contributed by atoms with Crippen molar-refractivity contribution in [1.29, 1.82) is 0 Å². The minimum Gasteiger partial charge on any atom is -0.497 e. The van der Waals surface area contributed by atoms with Crippen LogP contribution in [-0.2, 0) is 4.57 Å². The van der Waals surface area contributed by atoms with Gasteiger partial charge in [0.25, 0.3) is 0 Å². The summed E-state index contributed by atoms with van der Waals surface area (Å²) < 4.78 is 16.7. The van der Waals surface area contributed by atoms with Gasteiger partial charge in [-0.05, 0) is 25.5 Å². The molecule has 0 atom stereocenters. The summed E-state index contributed by atoms with van der Waals surface area (Å²) in [6.45, 7) is 3.40. The molecule has 0 aliphatic carbocycles. The predicted octanol–water partition coefficient (Wildman–Crippen LogP) is 1.53. The van der Waals surface area contributed by atoms with E-state index in [-0.39, 0.29) is 0 Å². The number of nitrogens with two attached hydrogens (primary N) is 1. The van der Waals surface area contributed by atoms with Gasteiger partial charge in [0.15, 0.2) is 0 Å². The number of hydrogen-bond acceptors (Lipinski definition) is 3. The number of nitrogen functional groups attached to an aromatic ring is 1. The van der Waals surface area contributed by atoms with Crippen LogP contribution >= 0.6 is 7.14 Å². The molecule has 0 unspecified atom stereocenters. The molecule has 0 heterocycles. The number of methoxy groups -OCH3 is 1. The van der Waals surface area contributed by atoms with E-state index in [0.717, 1.165) is 0 Å². The second-order valence-electron chi connectivity index (χ2n) is 3.28. The maximum atomic E-state index is 11.7. The van der Waals surface area contributed by atoms with Gasteiger partial charge in [-0.2, -0.15) is 0 Å². The summed E-state index contributed by atoms with van der Waals surface area (Å²) >= 11 is 0. The Morgan fingerprint density at radius 1 is 1.38 bits per heavy atom. The van der Waals surface area contributed by atoms with E-state index in [4.69, 9.17) is 10.5 Å². The smallest absolute Gasteiger partial charge is 0.120 e. The second kappa shape index (κ2) is 3.43. The Bertz CT molecular complexity index is 357. The van der Waals surface area contributed by atoms with E-state index in [1.165, 1.54) is 0 Å². The van der Waals surface area contributed by atoms with Crippen molar-refractivity contribution in [1.82, 2.24) is 0 Å². The summed E-state index contributed by atoms with van der Waals surface area (Å²) in [5, 5.41) is 0.716. The van der Waals surface area contributed by atoms with Crippen molar-refractivity contribution in [2.75, 3.05) is 26.2 Å². The van der Waals surface area contributed by atoms with E-state index in [0.29, 0.717) is 16.7 Å². The van der Waals surface area contributed by atoms with Gasteiger partial charge in [-0.25, -0.2) is 0 Å². The molecule has 2 N–H and O–H groups in total. The Morgan fingerprint density at radius 3 is 2.38 bits per heavy atom. The first-order chi connectivity index (χ1) is 5.95. The molecule has 1 aromatic rings. The zero-order valence-electron chi connectivity index (χ0n) is 8.07. The van der Waals surface area contributed by atoms with Gasteiger partial charge in [-0.1, -0.05) is 0 Å². The average molecular weight is 199 g/mol. The van der Waals surface area contributed by atoms with Crippen molar-refractivity contribution in [2.45, 2.75) is 0 Å². The molecule has 0 aliphatic rings. The summed E-state index contributed by atoms with van der Waals surface area (Å²) in [7, 11) is -0.691. The van der Waals surface area contributed by atoms with Crippen LogP contribution in [0.4, 0.5) is 5.69 Å². The molecule has 0 amide bonds. The zero-order valence-corrected chi connectivity index (χ0v) is 8.97. The molecule has 13 heavy (non-hydrogen) atoms. The minimum absolute atomic E-state index is 0.535. The molecule has 0 saturated heterocycles. The van der Waals surface area contributed by atoms with Crippen LogP contribution < -0.4 is 15.8 Å². The maximum Gasteiger partial charge on any atom is 0.120 e. The lowest BCUT2D eigenvalue weighted by atomic mass is 10.3. The summed E-state index contributed by atoms with van der Waals surface area (Å²) in [5.41, 5.74) is 6.27. The number of ether oxygens (including phenoxy) is 1. The topological polar surface area (TPSA) is 52.3 Å². The van der Waals surface area contributed by atoms with Crippen LogP contribution in [0.2, 0.25) is 0 Å². The summed E-state index contributed by atoms with van der Waals surface area (Å²) in [6.07, 6.45) is 0. The SMILES string of the molecule is COc1ccc(P(C)(C)=O)c(N)c1. The number of hydrogen-bond donors (Lipinski definition) is 1. The van der Waals surface area contributed by atoms with Crippen molar-refractivity contribution in [3.05, 3.63) is 18.2 Å². The third kappa shape index (κ3) is 2.25. The van der Waals surface area contributed by atoms with E-state index >= 15 is 0 Å². The second-order valence-corrected chi connectivity index (χ2v) is 6.46. The van der Waals surface area contributed by atoms with E-state index in [2.05, 4.69) is 0 Å². The fraction of sp³-hybridized carbons (Fsp3) is 0.333. The molecule has 0 aromatic heterocycles. The van der Waals surface area contributed by atoms with Gasteiger partial charge >= 0.3 is 0 Å². The first kappa shape index (κ1) is 10.1. The molecule has 1 aromatic carbocycles. The highest BCUT2D eigenvalue weighted by Crippen LogP contribution is 2.37. The maximum absolute atomic E-state index is 11.7. The fourth-order valence-electron chi connectivity index (χ4n) is 1.15. The van der Waals surface area contributed by atoms with Gasteiger partial charge < -0.3 is 15.0 Å². The normalized spacial score (nSPS) is 11.3. The first-order valence-electron chi connectivity index (χ1n) is 3.94. The van der Waals surface area contributed by atoms with E-state index < -0.39 is 7.14 Å². The van der Waals surface area contributed by atoms with Gasteiger partial charge in [-0.15, -0.1) is 0 Å². The van der Waals surface area contributed by atoms with Gasteiger partial charge in [0, 0.05) is 17.1 Å². The Balaban J connectivity index is 3.21. The largest absolute Gasteiger partial charge is 0.497 e. The van der Waals surface area contributed by atoms with E-state index in [9.17, 15) is 4.57 Å². The lowest BCUT2D eigenvalue weighted by Gasteiger charge is -2.11. The van der Waals surface area contributed by atoms with Crippen molar-refractivity contribution >= 4 is 18.1 Å². The highest BCUT2D eigenvalue weighted by molar-refractivity contribution is 7.70. The van der Waals surface area contributed by atoms with Gasteiger partial charge in [-0.3, -0.25) is 0 Å². The molecule has 0 saturated carbocycles. The van der Waals surface area contributed by atoms with Crippen LogP contribution in [0.1, 0.15) is 0 Å². The third-order valence-corrected chi connectivity index (χ3v) is 3.38. The molecule has 0 fully saturated rings. The molecule has 0 spiro atoms. The van der Waals surface area contributed by atoms with Gasteiger partial charge in [0.1, 0.15) is 12.9 Å². The van der Waals surface area contributed by atoms with Crippen LogP contribution in [0.15, 0.2) is 18.2 Å². The monoisotopic (exact) mass is 199 g/mol. The molecule has 72 valence electrons. The molecule has 3 nitrogen and oxygen atoms in total. The van der Waals surface area contributed by atoms with Crippen LogP contribution in [0, 0.1) is 0 Å². The van der Waals surface area contributed by atoms with Gasteiger partial charge in [0.05, 0.1) is 7.11 Å². The number of rotatable bonds is 2. The molecular weight excluding hydrogens is 185 g/mol. The Hall–Kier alpha value is -0.950. The molecule has 1 rings (SSSR count).